The number of rotatable bonds is 7. The number of ether oxygens (including phenoxy) is 4. The lowest BCUT2D eigenvalue weighted by Crippen LogP contribution is -2.05. The molecular weight excluding hydrogens is 408 g/mol. The van der Waals surface area contributed by atoms with E-state index in [-0.39, 0.29) is 5.75 Å². The topological polar surface area (TPSA) is 100.0 Å². The summed E-state index contributed by atoms with van der Waals surface area (Å²) in [6.45, 7) is 1.30. The molecule has 9 nitrogen and oxygen atoms in total. The molecule has 0 atom stereocenters. The zero-order chi connectivity index (χ0) is 21.7. The van der Waals surface area contributed by atoms with Gasteiger partial charge in [-0.1, -0.05) is 12.1 Å². The first-order valence-electron chi connectivity index (χ1n) is 8.77. The molecule has 0 spiro atoms. The molecule has 0 aliphatic carbocycles. The van der Waals surface area contributed by atoms with Crippen molar-refractivity contribution in [3.63, 3.8) is 0 Å². The van der Waals surface area contributed by atoms with Crippen molar-refractivity contribution in [2.45, 2.75) is 6.92 Å². The maximum atomic E-state index is 11.4. The standard InChI is InChI=1S/C20H20N4O5S/c1-12(25)29-18-16(27-3)8-13(9-17(18)28-4)11-21-24-19(22-23-20(24)30)14-6-5-7-15(10-14)26-2/h5-11H,1-4H3,(H,23,30). The monoisotopic (exact) mass is 428 g/mol. The predicted molar refractivity (Wildman–Crippen MR) is 113 cm³/mol. The van der Waals surface area contributed by atoms with Gasteiger partial charge in [-0.3, -0.25) is 4.79 Å². The van der Waals surface area contributed by atoms with Crippen molar-refractivity contribution in [1.29, 1.82) is 0 Å². The number of carbonyl (C=O) groups excluding carboxylic acids is 1. The smallest absolute Gasteiger partial charge is 0.308 e. The number of nitrogens with one attached hydrogen (secondary N) is 1. The number of aromatic amines is 1. The molecule has 3 aromatic rings. The predicted octanol–water partition coefficient (Wildman–Crippen LogP) is 3.44. The van der Waals surface area contributed by atoms with Crippen LogP contribution in [-0.2, 0) is 4.79 Å². The van der Waals surface area contributed by atoms with Crippen LogP contribution in [0.15, 0.2) is 41.5 Å². The van der Waals surface area contributed by atoms with Crippen molar-refractivity contribution in [2.24, 2.45) is 5.10 Å². The molecule has 0 aliphatic rings. The van der Waals surface area contributed by atoms with Crippen molar-refractivity contribution in [1.82, 2.24) is 14.9 Å². The summed E-state index contributed by atoms with van der Waals surface area (Å²) in [6.07, 6.45) is 1.57. The van der Waals surface area contributed by atoms with Gasteiger partial charge in [0.25, 0.3) is 0 Å². The van der Waals surface area contributed by atoms with Crippen molar-refractivity contribution in [2.75, 3.05) is 21.3 Å². The van der Waals surface area contributed by atoms with E-state index >= 15 is 0 Å². The van der Waals surface area contributed by atoms with Crippen LogP contribution in [0, 0.1) is 4.77 Å². The van der Waals surface area contributed by atoms with Gasteiger partial charge in [0.2, 0.25) is 10.5 Å². The Labute approximate surface area is 177 Å². The van der Waals surface area contributed by atoms with Crippen LogP contribution in [0.2, 0.25) is 0 Å². The van der Waals surface area contributed by atoms with E-state index in [1.807, 2.05) is 24.3 Å². The summed E-state index contributed by atoms with van der Waals surface area (Å²) in [7, 11) is 4.53. The number of carbonyl (C=O) groups is 1. The molecule has 0 amide bonds. The second-order valence-electron chi connectivity index (χ2n) is 5.99. The highest BCUT2D eigenvalue weighted by molar-refractivity contribution is 7.71. The molecule has 1 aromatic heterocycles. The summed E-state index contributed by atoms with van der Waals surface area (Å²) in [4.78, 5) is 11.4. The van der Waals surface area contributed by atoms with Gasteiger partial charge in [0, 0.05) is 18.1 Å². The van der Waals surface area contributed by atoms with Crippen LogP contribution in [0.3, 0.4) is 0 Å². The molecule has 1 heterocycles. The maximum Gasteiger partial charge on any atom is 0.308 e. The fraction of sp³-hybridized carbons (Fsp3) is 0.200. The lowest BCUT2D eigenvalue weighted by atomic mass is 10.2. The molecule has 0 saturated carbocycles. The molecule has 156 valence electrons. The molecule has 0 saturated heterocycles. The van der Waals surface area contributed by atoms with Crippen LogP contribution in [-0.4, -0.2) is 48.4 Å². The minimum absolute atomic E-state index is 0.196. The van der Waals surface area contributed by atoms with E-state index in [0.717, 1.165) is 5.56 Å². The zero-order valence-electron chi connectivity index (χ0n) is 16.8. The van der Waals surface area contributed by atoms with E-state index < -0.39 is 5.97 Å². The number of benzene rings is 2. The Hall–Kier alpha value is -3.66. The highest BCUT2D eigenvalue weighted by Crippen LogP contribution is 2.38. The number of nitrogens with zero attached hydrogens (tertiary/aromatic N) is 3. The third-order valence-electron chi connectivity index (χ3n) is 4.03. The van der Waals surface area contributed by atoms with Gasteiger partial charge in [-0.15, -0.1) is 0 Å². The molecular formula is C20H20N4O5S. The lowest BCUT2D eigenvalue weighted by molar-refractivity contribution is -0.132. The third-order valence-corrected chi connectivity index (χ3v) is 4.29. The third kappa shape index (κ3) is 4.49. The van der Waals surface area contributed by atoms with Crippen LogP contribution in [0.1, 0.15) is 12.5 Å². The fourth-order valence-electron chi connectivity index (χ4n) is 2.69. The average molecular weight is 428 g/mol. The Morgan fingerprint density at radius 2 is 1.83 bits per heavy atom. The van der Waals surface area contributed by atoms with Crippen molar-refractivity contribution in [3.8, 4) is 34.4 Å². The van der Waals surface area contributed by atoms with Crippen LogP contribution in [0.4, 0.5) is 0 Å². The van der Waals surface area contributed by atoms with Gasteiger partial charge in [0.1, 0.15) is 5.75 Å². The number of H-pyrrole nitrogens is 1. The molecule has 30 heavy (non-hydrogen) atoms. The maximum absolute atomic E-state index is 11.4. The molecule has 2 aromatic carbocycles. The molecule has 0 radical (unpaired) electrons. The molecule has 0 unspecified atom stereocenters. The Morgan fingerprint density at radius 3 is 2.43 bits per heavy atom. The van der Waals surface area contributed by atoms with Gasteiger partial charge in [0.05, 0.1) is 27.5 Å². The Bertz CT molecular complexity index is 1130. The van der Waals surface area contributed by atoms with Crippen LogP contribution < -0.4 is 18.9 Å². The minimum atomic E-state index is -0.486. The normalized spacial score (nSPS) is 10.8. The van der Waals surface area contributed by atoms with Crippen LogP contribution >= 0.6 is 12.2 Å². The largest absolute Gasteiger partial charge is 0.497 e. The van der Waals surface area contributed by atoms with Crippen molar-refractivity contribution >= 4 is 24.4 Å². The molecule has 3 rings (SSSR count). The average Bonchev–Trinajstić information content (AvgIpc) is 3.12. The number of aromatic nitrogens is 3. The molecule has 0 bridgehead atoms. The first kappa shape index (κ1) is 21.1. The van der Waals surface area contributed by atoms with E-state index in [9.17, 15) is 4.79 Å². The summed E-state index contributed by atoms with van der Waals surface area (Å²) >= 11 is 5.31. The highest BCUT2D eigenvalue weighted by atomic mass is 32.1. The molecule has 10 heteroatoms. The fourth-order valence-corrected chi connectivity index (χ4v) is 2.87. The Balaban J connectivity index is 2.01. The Morgan fingerprint density at radius 1 is 1.13 bits per heavy atom. The van der Waals surface area contributed by atoms with Gasteiger partial charge >= 0.3 is 5.97 Å². The first-order chi connectivity index (χ1) is 14.5. The van der Waals surface area contributed by atoms with Gasteiger partial charge in [-0.25, -0.2) is 5.10 Å². The quantitative estimate of drug-likeness (QED) is 0.266. The Kier molecular flexibility index (Phi) is 6.48. The van der Waals surface area contributed by atoms with Crippen LogP contribution in [0.25, 0.3) is 11.4 Å². The number of esters is 1. The first-order valence-corrected chi connectivity index (χ1v) is 9.18. The molecule has 0 aliphatic heterocycles. The summed E-state index contributed by atoms with van der Waals surface area (Å²) in [5.74, 6) is 1.57. The van der Waals surface area contributed by atoms with E-state index in [1.54, 1.807) is 25.5 Å². The zero-order valence-corrected chi connectivity index (χ0v) is 17.6. The highest BCUT2D eigenvalue weighted by Gasteiger charge is 2.16. The van der Waals surface area contributed by atoms with E-state index in [4.69, 9.17) is 31.2 Å². The molecule has 0 fully saturated rings. The number of hydrogen-bond donors (Lipinski definition) is 1. The van der Waals surface area contributed by atoms with Gasteiger partial charge in [-0.05, 0) is 36.5 Å². The van der Waals surface area contributed by atoms with E-state index in [2.05, 4.69) is 15.3 Å². The van der Waals surface area contributed by atoms with Crippen molar-refractivity contribution < 1.29 is 23.7 Å². The van der Waals surface area contributed by atoms with E-state index in [1.165, 1.54) is 25.8 Å². The number of hydrogen-bond acceptors (Lipinski definition) is 8. The van der Waals surface area contributed by atoms with Gasteiger partial charge in [-0.2, -0.15) is 14.9 Å². The second kappa shape index (κ2) is 9.23. The van der Waals surface area contributed by atoms with Gasteiger partial charge in [0.15, 0.2) is 17.3 Å². The number of methoxy groups -OCH3 is 3. The molecule has 1 N–H and O–H groups in total. The van der Waals surface area contributed by atoms with Crippen molar-refractivity contribution in [3.05, 3.63) is 46.7 Å². The summed E-state index contributed by atoms with van der Waals surface area (Å²) in [6, 6.07) is 10.7. The summed E-state index contributed by atoms with van der Waals surface area (Å²) < 4.78 is 22.9. The second-order valence-corrected chi connectivity index (χ2v) is 6.38. The summed E-state index contributed by atoms with van der Waals surface area (Å²) in [5.41, 5.74) is 1.42. The lowest BCUT2D eigenvalue weighted by Gasteiger charge is -2.13. The van der Waals surface area contributed by atoms with Crippen LogP contribution in [0.5, 0.6) is 23.0 Å². The van der Waals surface area contributed by atoms with E-state index in [0.29, 0.717) is 33.4 Å². The van der Waals surface area contributed by atoms with Gasteiger partial charge < -0.3 is 18.9 Å². The summed E-state index contributed by atoms with van der Waals surface area (Å²) in [5, 5.41) is 11.4. The minimum Gasteiger partial charge on any atom is -0.497 e. The SMILES string of the molecule is COc1cccc(-c2n[nH]c(=S)n2N=Cc2cc(OC)c(OC(C)=O)c(OC)c2)c1.